The zero-order valence-electron chi connectivity index (χ0n) is 13.7. The second kappa shape index (κ2) is 5.48. The van der Waals surface area contributed by atoms with E-state index < -0.39 is 0 Å². The molecule has 4 nitrogen and oxygen atoms in total. The molecule has 4 aliphatic rings. The average molecular weight is 294 g/mol. The number of hydrogen-bond donors (Lipinski definition) is 0. The van der Waals surface area contributed by atoms with Crippen LogP contribution < -0.4 is 0 Å². The zero-order valence-corrected chi connectivity index (χ0v) is 13.7. The van der Waals surface area contributed by atoms with Crippen LogP contribution >= 0.6 is 0 Å². The van der Waals surface area contributed by atoms with Crippen LogP contribution in [-0.2, 0) is 9.47 Å². The first-order valence-electron chi connectivity index (χ1n) is 8.91. The Morgan fingerprint density at radius 3 is 2.29 bits per heavy atom. The quantitative estimate of drug-likeness (QED) is 0.790. The lowest BCUT2D eigenvalue weighted by molar-refractivity contribution is -0.0779. The van der Waals surface area contributed by atoms with Crippen molar-refractivity contribution in [3.63, 3.8) is 0 Å². The molecule has 0 aliphatic carbocycles. The fourth-order valence-corrected chi connectivity index (χ4v) is 4.95. The van der Waals surface area contributed by atoms with Crippen LogP contribution in [0.4, 0.5) is 0 Å². The Kier molecular flexibility index (Phi) is 3.77. The summed E-state index contributed by atoms with van der Waals surface area (Å²) >= 11 is 0. The third-order valence-electron chi connectivity index (χ3n) is 6.07. The lowest BCUT2D eigenvalue weighted by Gasteiger charge is -2.40. The van der Waals surface area contributed by atoms with Gasteiger partial charge in [0.15, 0.2) is 0 Å². The average Bonchev–Trinajstić information content (AvgIpc) is 3.12. The van der Waals surface area contributed by atoms with Gasteiger partial charge in [-0.1, -0.05) is 0 Å². The third-order valence-corrected chi connectivity index (χ3v) is 6.07. The fraction of sp³-hybridized carbons (Fsp3) is 1.00. The van der Waals surface area contributed by atoms with Crippen molar-refractivity contribution in [1.29, 1.82) is 0 Å². The first-order valence-corrected chi connectivity index (χ1v) is 8.91. The minimum absolute atomic E-state index is 0.446. The van der Waals surface area contributed by atoms with Crippen molar-refractivity contribution in [1.82, 2.24) is 9.80 Å². The number of hydrogen-bond acceptors (Lipinski definition) is 4. The number of morpholine rings is 2. The van der Waals surface area contributed by atoms with E-state index in [9.17, 15) is 0 Å². The first kappa shape index (κ1) is 14.4. The molecule has 4 fully saturated rings. The molecule has 6 unspecified atom stereocenters. The van der Waals surface area contributed by atoms with Crippen molar-refractivity contribution in [2.75, 3.05) is 19.6 Å². The summed E-state index contributed by atoms with van der Waals surface area (Å²) in [6, 6.07) is 1.94. The van der Waals surface area contributed by atoms with Gasteiger partial charge in [-0.2, -0.15) is 0 Å². The zero-order chi connectivity index (χ0) is 14.6. The molecular weight excluding hydrogens is 264 g/mol. The predicted molar refractivity (Wildman–Crippen MR) is 82.5 cm³/mol. The Morgan fingerprint density at radius 2 is 1.67 bits per heavy atom. The smallest absolute Gasteiger partial charge is 0.0750 e. The van der Waals surface area contributed by atoms with Crippen LogP contribution in [0.5, 0.6) is 0 Å². The summed E-state index contributed by atoms with van der Waals surface area (Å²) in [5, 5.41) is 0. The molecule has 4 bridgehead atoms. The topological polar surface area (TPSA) is 24.9 Å². The second-order valence-corrected chi connectivity index (χ2v) is 7.89. The maximum Gasteiger partial charge on any atom is 0.0750 e. The van der Waals surface area contributed by atoms with Gasteiger partial charge in [0.1, 0.15) is 0 Å². The second-order valence-electron chi connectivity index (χ2n) is 7.89. The molecular formula is C17H30N2O2. The van der Waals surface area contributed by atoms with Crippen LogP contribution in [-0.4, -0.2) is 72.0 Å². The number of ether oxygens (including phenoxy) is 2. The molecule has 0 saturated carbocycles. The summed E-state index contributed by atoms with van der Waals surface area (Å²) in [4.78, 5) is 5.31. The van der Waals surface area contributed by atoms with Crippen molar-refractivity contribution in [3.05, 3.63) is 0 Å². The van der Waals surface area contributed by atoms with Gasteiger partial charge in [-0.15, -0.1) is 0 Å². The van der Waals surface area contributed by atoms with E-state index >= 15 is 0 Å². The SMILES string of the molecule is CC(CC1OC2CC1N(C(C)C)C2)N1CC2CCC(C1)O2. The molecule has 21 heavy (non-hydrogen) atoms. The summed E-state index contributed by atoms with van der Waals surface area (Å²) < 4.78 is 12.2. The number of rotatable bonds is 4. The highest BCUT2D eigenvalue weighted by molar-refractivity contribution is 5.00. The number of nitrogens with zero attached hydrogens (tertiary/aromatic N) is 2. The molecule has 4 heterocycles. The van der Waals surface area contributed by atoms with Gasteiger partial charge in [0.25, 0.3) is 0 Å². The molecule has 4 aliphatic heterocycles. The van der Waals surface area contributed by atoms with Gasteiger partial charge in [0.05, 0.1) is 24.4 Å². The standard InChI is InChI=1S/C17H30N2O2/c1-11(2)19-10-15-7-16(19)17(21-15)6-12(3)18-8-13-4-5-14(9-18)20-13/h11-17H,4-10H2,1-3H3. The highest BCUT2D eigenvalue weighted by Gasteiger charge is 2.47. The number of fused-ring (bicyclic) bond motifs is 4. The monoisotopic (exact) mass is 294 g/mol. The van der Waals surface area contributed by atoms with Crippen LogP contribution in [0.3, 0.4) is 0 Å². The molecule has 0 spiro atoms. The van der Waals surface area contributed by atoms with Crippen molar-refractivity contribution in [2.24, 2.45) is 0 Å². The Morgan fingerprint density at radius 1 is 0.952 bits per heavy atom. The predicted octanol–water partition coefficient (Wildman–Crippen LogP) is 1.88. The Balaban J connectivity index is 1.36. The molecule has 0 N–H and O–H groups in total. The van der Waals surface area contributed by atoms with Gasteiger partial charge in [-0.25, -0.2) is 0 Å². The molecule has 0 aromatic heterocycles. The van der Waals surface area contributed by atoms with E-state index in [0.717, 1.165) is 19.6 Å². The van der Waals surface area contributed by atoms with Crippen LogP contribution in [0, 0.1) is 0 Å². The van der Waals surface area contributed by atoms with Gasteiger partial charge >= 0.3 is 0 Å². The minimum Gasteiger partial charge on any atom is -0.372 e. The van der Waals surface area contributed by atoms with E-state index in [4.69, 9.17) is 9.47 Å². The fourth-order valence-electron chi connectivity index (χ4n) is 4.95. The van der Waals surface area contributed by atoms with Gasteiger partial charge in [-0.05, 0) is 46.5 Å². The largest absolute Gasteiger partial charge is 0.372 e. The van der Waals surface area contributed by atoms with Crippen molar-refractivity contribution < 1.29 is 9.47 Å². The lowest BCUT2D eigenvalue weighted by atomic mass is 10.0. The van der Waals surface area contributed by atoms with E-state index in [1.165, 1.54) is 25.7 Å². The van der Waals surface area contributed by atoms with Gasteiger partial charge in [-0.3, -0.25) is 9.80 Å². The Labute approximate surface area is 128 Å². The van der Waals surface area contributed by atoms with Gasteiger partial charge in [0, 0.05) is 37.8 Å². The van der Waals surface area contributed by atoms with Crippen molar-refractivity contribution in [3.8, 4) is 0 Å². The van der Waals surface area contributed by atoms with E-state index in [1.54, 1.807) is 0 Å². The molecule has 0 amide bonds. The molecule has 6 atom stereocenters. The molecule has 4 heteroatoms. The summed E-state index contributed by atoms with van der Waals surface area (Å²) in [7, 11) is 0. The first-order chi connectivity index (χ1) is 10.1. The van der Waals surface area contributed by atoms with E-state index in [-0.39, 0.29) is 0 Å². The lowest BCUT2D eigenvalue weighted by Crippen LogP contribution is -2.51. The van der Waals surface area contributed by atoms with Gasteiger partial charge < -0.3 is 9.47 Å². The Hall–Kier alpha value is -0.160. The van der Waals surface area contributed by atoms with E-state index in [1.807, 2.05) is 0 Å². The van der Waals surface area contributed by atoms with Crippen molar-refractivity contribution in [2.45, 2.75) is 89.0 Å². The van der Waals surface area contributed by atoms with E-state index in [2.05, 4.69) is 30.6 Å². The summed E-state index contributed by atoms with van der Waals surface area (Å²) in [6.07, 6.45) is 6.91. The number of likely N-dealkylation sites (tertiary alicyclic amines) is 2. The molecule has 4 rings (SSSR count). The maximum atomic E-state index is 6.27. The normalized spacial score (nSPS) is 44.9. The summed E-state index contributed by atoms with van der Waals surface area (Å²) in [5.41, 5.74) is 0. The Bertz CT molecular complexity index is 377. The van der Waals surface area contributed by atoms with E-state index in [0.29, 0.717) is 42.5 Å². The minimum atomic E-state index is 0.446. The third kappa shape index (κ3) is 2.65. The van der Waals surface area contributed by atoms with Crippen LogP contribution in [0.2, 0.25) is 0 Å². The van der Waals surface area contributed by atoms with Crippen LogP contribution in [0.1, 0.15) is 46.5 Å². The van der Waals surface area contributed by atoms with Crippen LogP contribution in [0.15, 0.2) is 0 Å². The molecule has 0 aromatic carbocycles. The maximum absolute atomic E-state index is 6.27. The molecule has 0 aromatic rings. The molecule has 120 valence electrons. The highest BCUT2D eigenvalue weighted by Crippen LogP contribution is 2.37. The van der Waals surface area contributed by atoms with Gasteiger partial charge in [0.2, 0.25) is 0 Å². The van der Waals surface area contributed by atoms with Crippen molar-refractivity contribution >= 4 is 0 Å². The molecule has 0 radical (unpaired) electrons. The molecule has 4 saturated heterocycles. The highest BCUT2D eigenvalue weighted by atomic mass is 16.5. The van der Waals surface area contributed by atoms with Crippen LogP contribution in [0.25, 0.3) is 0 Å². The summed E-state index contributed by atoms with van der Waals surface area (Å²) in [6.45, 7) is 10.4. The summed E-state index contributed by atoms with van der Waals surface area (Å²) in [5.74, 6) is 0.